The molecule has 1 spiro atoms. The summed E-state index contributed by atoms with van der Waals surface area (Å²) in [4.78, 5) is 10.8. The summed E-state index contributed by atoms with van der Waals surface area (Å²) in [6.07, 6.45) is 1.30. The van der Waals surface area contributed by atoms with Crippen molar-refractivity contribution < 1.29 is 27.4 Å². The van der Waals surface area contributed by atoms with E-state index in [1.165, 1.54) is 11.2 Å². The summed E-state index contributed by atoms with van der Waals surface area (Å²) in [5.74, 6) is -2.19. The highest BCUT2D eigenvalue weighted by atomic mass is 32.2. The summed E-state index contributed by atoms with van der Waals surface area (Å²) in [5, 5.41) is 9.10. The molecule has 6 nitrogen and oxygen atoms in total. The molecular formula is C14H16FNO5S. The molecule has 2 fully saturated rings. The Hall–Kier alpha value is -1.51. The Morgan fingerprint density at radius 2 is 2.14 bits per heavy atom. The van der Waals surface area contributed by atoms with Crippen molar-refractivity contribution in [2.45, 2.75) is 30.2 Å². The highest BCUT2D eigenvalue weighted by Gasteiger charge is 2.53. The van der Waals surface area contributed by atoms with Crippen LogP contribution in [0.5, 0.6) is 0 Å². The summed E-state index contributed by atoms with van der Waals surface area (Å²) >= 11 is 0. The molecule has 0 bridgehead atoms. The van der Waals surface area contributed by atoms with E-state index in [2.05, 4.69) is 0 Å². The molecule has 3 rings (SSSR count). The van der Waals surface area contributed by atoms with Gasteiger partial charge in [0.15, 0.2) is 0 Å². The lowest BCUT2D eigenvalue weighted by Gasteiger charge is -2.48. The molecular weight excluding hydrogens is 313 g/mol. The van der Waals surface area contributed by atoms with E-state index in [1.54, 1.807) is 0 Å². The van der Waals surface area contributed by atoms with Gasteiger partial charge < -0.3 is 9.84 Å². The van der Waals surface area contributed by atoms with Gasteiger partial charge in [0.1, 0.15) is 5.82 Å². The Morgan fingerprint density at radius 1 is 1.41 bits per heavy atom. The van der Waals surface area contributed by atoms with Gasteiger partial charge in [-0.1, -0.05) is 0 Å². The number of ether oxygens (including phenoxy) is 1. The highest BCUT2D eigenvalue weighted by Crippen LogP contribution is 2.42. The van der Waals surface area contributed by atoms with Gasteiger partial charge in [-0.3, -0.25) is 0 Å². The molecule has 0 amide bonds. The molecule has 0 aliphatic carbocycles. The maximum atomic E-state index is 13.9. The van der Waals surface area contributed by atoms with Gasteiger partial charge in [0.2, 0.25) is 10.0 Å². The fourth-order valence-electron chi connectivity index (χ4n) is 3.04. The van der Waals surface area contributed by atoms with Crippen molar-refractivity contribution >= 4 is 16.0 Å². The van der Waals surface area contributed by atoms with Crippen molar-refractivity contribution in [2.75, 3.05) is 19.8 Å². The average molecular weight is 329 g/mol. The topological polar surface area (TPSA) is 83.9 Å². The Morgan fingerprint density at radius 3 is 2.64 bits per heavy atom. The van der Waals surface area contributed by atoms with Crippen molar-refractivity contribution in [2.24, 2.45) is 0 Å². The van der Waals surface area contributed by atoms with Crippen LogP contribution in [0.4, 0.5) is 4.39 Å². The fraction of sp³-hybridized carbons (Fsp3) is 0.500. The molecule has 2 saturated heterocycles. The van der Waals surface area contributed by atoms with Crippen LogP contribution < -0.4 is 0 Å². The summed E-state index contributed by atoms with van der Waals surface area (Å²) in [6, 6.07) is 1.91. The van der Waals surface area contributed by atoms with Gasteiger partial charge in [0, 0.05) is 13.2 Å². The summed E-state index contributed by atoms with van der Waals surface area (Å²) in [6.45, 7) is 2.47. The van der Waals surface area contributed by atoms with Gasteiger partial charge in [-0.15, -0.1) is 0 Å². The van der Waals surface area contributed by atoms with Crippen LogP contribution in [0, 0.1) is 12.7 Å². The van der Waals surface area contributed by atoms with Crippen LogP contribution in [0.1, 0.15) is 28.8 Å². The van der Waals surface area contributed by atoms with Gasteiger partial charge in [-0.05, 0) is 37.5 Å². The van der Waals surface area contributed by atoms with E-state index in [0.717, 1.165) is 12.1 Å². The first-order valence-electron chi connectivity index (χ1n) is 6.92. The maximum Gasteiger partial charge on any atom is 0.336 e. The monoisotopic (exact) mass is 329 g/mol. The number of hydrogen-bond donors (Lipinski definition) is 1. The van der Waals surface area contributed by atoms with Crippen molar-refractivity contribution in [3.05, 3.63) is 29.1 Å². The van der Waals surface area contributed by atoms with Gasteiger partial charge in [0.05, 0.1) is 22.6 Å². The van der Waals surface area contributed by atoms with Gasteiger partial charge >= 0.3 is 5.97 Å². The normalized spacial score (nSPS) is 25.4. The van der Waals surface area contributed by atoms with Crippen LogP contribution in [-0.4, -0.2) is 49.1 Å². The van der Waals surface area contributed by atoms with Crippen LogP contribution in [0.3, 0.4) is 0 Å². The number of carboxylic acid groups (broad SMARTS) is 1. The van der Waals surface area contributed by atoms with E-state index < -0.39 is 27.3 Å². The second-order valence-electron chi connectivity index (χ2n) is 5.74. The summed E-state index contributed by atoms with van der Waals surface area (Å²) < 4.78 is 46.0. The van der Waals surface area contributed by atoms with Crippen LogP contribution in [0.2, 0.25) is 0 Å². The standard InChI is InChI=1S/C14H16FNO5S/c1-9-11(13(17)18)6-10(7-12(9)15)22(19,20)16-4-2-14(16)3-5-21-8-14/h6-7H,2-5,8H2,1H3,(H,17,18). The Bertz CT molecular complexity index is 740. The lowest BCUT2D eigenvalue weighted by Crippen LogP contribution is -2.62. The molecule has 0 radical (unpaired) electrons. The van der Waals surface area contributed by atoms with Gasteiger partial charge in [-0.25, -0.2) is 17.6 Å². The number of hydrogen-bond acceptors (Lipinski definition) is 4. The Labute approximate surface area is 127 Å². The third-order valence-corrected chi connectivity index (χ3v) is 6.51. The molecule has 120 valence electrons. The number of carboxylic acids is 1. The number of sulfonamides is 1. The average Bonchev–Trinajstić information content (AvgIpc) is 2.91. The number of carbonyl (C=O) groups is 1. The fourth-order valence-corrected chi connectivity index (χ4v) is 4.89. The van der Waals surface area contributed by atoms with E-state index in [1.807, 2.05) is 0 Å². The molecule has 1 atom stereocenters. The minimum atomic E-state index is -3.94. The molecule has 0 saturated carbocycles. The zero-order valence-electron chi connectivity index (χ0n) is 12.0. The van der Waals surface area contributed by atoms with Gasteiger partial charge in [-0.2, -0.15) is 4.31 Å². The summed E-state index contributed by atoms with van der Waals surface area (Å²) in [7, 11) is -3.94. The molecule has 1 aromatic rings. The highest BCUT2D eigenvalue weighted by molar-refractivity contribution is 7.89. The van der Waals surface area contributed by atoms with Crippen molar-refractivity contribution in [3.8, 4) is 0 Å². The van der Waals surface area contributed by atoms with E-state index in [4.69, 9.17) is 9.84 Å². The van der Waals surface area contributed by atoms with Crippen molar-refractivity contribution in [1.29, 1.82) is 0 Å². The van der Waals surface area contributed by atoms with E-state index in [0.29, 0.717) is 32.6 Å². The molecule has 8 heteroatoms. The quantitative estimate of drug-likeness (QED) is 0.906. The van der Waals surface area contributed by atoms with Crippen LogP contribution in [-0.2, 0) is 14.8 Å². The lowest BCUT2D eigenvalue weighted by atomic mass is 9.87. The minimum Gasteiger partial charge on any atom is -0.478 e. The molecule has 1 N–H and O–H groups in total. The second kappa shape index (κ2) is 5.00. The third kappa shape index (κ3) is 2.13. The van der Waals surface area contributed by atoms with Gasteiger partial charge in [0.25, 0.3) is 0 Å². The number of nitrogens with zero attached hydrogens (tertiary/aromatic N) is 1. The lowest BCUT2D eigenvalue weighted by molar-refractivity contribution is 0.0525. The maximum absolute atomic E-state index is 13.9. The predicted molar refractivity (Wildman–Crippen MR) is 74.8 cm³/mol. The first-order valence-corrected chi connectivity index (χ1v) is 8.36. The zero-order chi connectivity index (χ0) is 16.1. The number of aromatic carboxylic acids is 1. The molecule has 2 aliphatic heterocycles. The number of halogens is 1. The predicted octanol–water partition coefficient (Wildman–Crippen LogP) is 1.39. The van der Waals surface area contributed by atoms with Crippen LogP contribution in [0.15, 0.2) is 17.0 Å². The zero-order valence-corrected chi connectivity index (χ0v) is 12.8. The molecule has 22 heavy (non-hydrogen) atoms. The van der Waals surface area contributed by atoms with Crippen molar-refractivity contribution in [1.82, 2.24) is 4.31 Å². The first-order chi connectivity index (χ1) is 10.3. The SMILES string of the molecule is Cc1c(F)cc(S(=O)(=O)N2CCC23CCOC3)cc1C(=O)O. The Balaban J connectivity index is 2.05. The number of benzene rings is 1. The molecule has 2 heterocycles. The minimum absolute atomic E-state index is 0.0750. The first kappa shape index (κ1) is 15.4. The third-order valence-electron chi connectivity index (χ3n) is 4.53. The Kier molecular flexibility index (Phi) is 3.50. The molecule has 1 unspecified atom stereocenters. The van der Waals surface area contributed by atoms with E-state index >= 15 is 0 Å². The summed E-state index contributed by atoms with van der Waals surface area (Å²) in [5.41, 5.74) is -0.964. The molecule has 0 aromatic heterocycles. The van der Waals surface area contributed by atoms with E-state index in [-0.39, 0.29) is 16.0 Å². The van der Waals surface area contributed by atoms with Crippen molar-refractivity contribution in [3.63, 3.8) is 0 Å². The van der Waals surface area contributed by atoms with Crippen LogP contribution >= 0.6 is 0 Å². The largest absolute Gasteiger partial charge is 0.478 e. The second-order valence-corrected chi connectivity index (χ2v) is 7.60. The molecule has 2 aliphatic rings. The molecule has 1 aromatic carbocycles. The van der Waals surface area contributed by atoms with Crippen LogP contribution in [0.25, 0.3) is 0 Å². The smallest absolute Gasteiger partial charge is 0.336 e. The number of rotatable bonds is 3. The van der Waals surface area contributed by atoms with E-state index in [9.17, 15) is 17.6 Å².